The van der Waals surface area contributed by atoms with Gasteiger partial charge in [0.15, 0.2) is 0 Å². The summed E-state index contributed by atoms with van der Waals surface area (Å²) in [7, 11) is 4.22. The van der Waals surface area contributed by atoms with Crippen LogP contribution < -0.4 is 5.32 Å². The van der Waals surface area contributed by atoms with Gasteiger partial charge in [-0.25, -0.2) is 0 Å². The Hall–Kier alpha value is -0.520. The predicted molar refractivity (Wildman–Crippen MR) is 78.0 cm³/mol. The number of likely N-dealkylation sites (N-methyl/N-ethyl adjacent to an activating group) is 1. The van der Waals surface area contributed by atoms with Crippen molar-refractivity contribution in [3.8, 4) is 0 Å². The van der Waals surface area contributed by atoms with Crippen molar-refractivity contribution in [1.82, 2.24) is 20.0 Å². The molecular weight excluding hydrogens is 244 g/mol. The number of nitrogens with one attached hydrogen (secondary N) is 1. The maximum absolute atomic E-state index is 4.59. The number of thioether (sulfide) groups is 1. The molecule has 0 spiro atoms. The van der Waals surface area contributed by atoms with Crippen molar-refractivity contribution in [2.45, 2.75) is 25.4 Å². The Balaban J connectivity index is 2.13. The number of aryl methyl sites for hydroxylation is 1. The predicted octanol–water partition coefficient (Wildman–Crippen LogP) is 1.51. The molecule has 0 radical (unpaired) electrons. The molecule has 102 valence electrons. The average molecular weight is 268 g/mol. The van der Waals surface area contributed by atoms with Crippen LogP contribution >= 0.6 is 11.8 Å². The fraction of sp³-hybridized carbons (Fsp3) is 0.769. The van der Waals surface area contributed by atoms with Crippen molar-refractivity contribution in [2.24, 2.45) is 7.05 Å². The Labute approximate surface area is 114 Å². The summed E-state index contributed by atoms with van der Waals surface area (Å²) in [5, 5.41) is 8.26. The van der Waals surface area contributed by atoms with Gasteiger partial charge in [0.2, 0.25) is 0 Å². The summed E-state index contributed by atoms with van der Waals surface area (Å²) in [4.78, 5) is 2.47. The molecule has 1 aromatic rings. The standard InChI is InChI=1S/C13H24N4S/c1-4-6-14-13(11-5-7-17(3)15-11)12-10-18-9-8-16(12)2/h5,7,12-14H,4,6,8-10H2,1-3H3. The van der Waals surface area contributed by atoms with E-state index >= 15 is 0 Å². The van der Waals surface area contributed by atoms with Gasteiger partial charge in [-0.3, -0.25) is 9.58 Å². The van der Waals surface area contributed by atoms with E-state index in [-0.39, 0.29) is 0 Å². The third-order valence-electron chi connectivity index (χ3n) is 3.50. The van der Waals surface area contributed by atoms with Crippen molar-refractivity contribution in [2.75, 3.05) is 31.6 Å². The number of nitrogens with zero attached hydrogens (tertiary/aromatic N) is 3. The zero-order chi connectivity index (χ0) is 13.0. The molecule has 2 unspecified atom stereocenters. The van der Waals surface area contributed by atoms with E-state index in [0.29, 0.717) is 12.1 Å². The fourth-order valence-corrected chi connectivity index (χ4v) is 3.67. The zero-order valence-corrected chi connectivity index (χ0v) is 12.4. The third kappa shape index (κ3) is 3.28. The first-order valence-electron chi connectivity index (χ1n) is 6.73. The molecular formula is C13H24N4S. The average Bonchev–Trinajstić information content (AvgIpc) is 2.78. The molecule has 1 N–H and O–H groups in total. The Kier molecular flexibility index (Phi) is 5.09. The van der Waals surface area contributed by atoms with E-state index in [2.05, 4.69) is 47.1 Å². The van der Waals surface area contributed by atoms with E-state index in [0.717, 1.165) is 13.0 Å². The molecule has 0 bridgehead atoms. The van der Waals surface area contributed by atoms with Gasteiger partial charge in [-0.1, -0.05) is 6.92 Å². The van der Waals surface area contributed by atoms with Gasteiger partial charge in [-0.15, -0.1) is 0 Å². The summed E-state index contributed by atoms with van der Waals surface area (Å²) in [6.07, 6.45) is 3.19. The van der Waals surface area contributed by atoms with E-state index in [1.54, 1.807) is 0 Å². The molecule has 1 fully saturated rings. The number of hydrogen-bond donors (Lipinski definition) is 1. The minimum absolute atomic E-state index is 0.351. The highest BCUT2D eigenvalue weighted by Gasteiger charge is 2.30. The highest BCUT2D eigenvalue weighted by Crippen LogP contribution is 2.25. The highest BCUT2D eigenvalue weighted by molar-refractivity contribution is 7.99. The first-order valence-corrected chi connectivity index (χ1v) is 7.88. The molecule has 2 atom stereocenters. The molecule has 2 heterocycles. The lowest BCUT2D eigenvalue weighted by molar-refractivity contribution is 0.213. The van der Waals surface area contributed by atoms with Crippen LogP contribution in [-0.4, -0.2) is 52.4 Å². The van der Waals surface area contributed by atoms with Gasteiger partial charge in [0.25, 0.3) is 0 Å². The fourth-order valence-electron chi connectivity index (χ4n) is 2.39. The van der Waals surface area contributed by atoms with E-state index in [9.17, 15) is 0 Å². The highest BCUT2D eigenvalue weighted by atomic mass is 32.2. The third-order valence-corrected chi connectivity index (χ3v) is 4.54. The molecule has 2 rings (SSSR count). The Morgan fingerprint density at radius 3 is 3.00 bits per heavy atom. The lowest BCUT2D eigenvalue weighted by Crippen LogP contribution is -2.48. The van der Waals surface area contributed by atoms with Crippen LogP contribution in [0.4, 0.5) is 0 Å². The van der Waals surface area contributed by atoms with Crippen LogP contribution in [0.5, 0.6) is 0 Å². The van der Waals surface area contributed by atoms with Crippen molar-refractivity contribution in [3.63, 3.8) is 0 Å². The van der Waals surface area contributed by atoms with Crippen molar-refractivity contribution >= 4 is 11.8 Å². The van der Waals surface area contributed by atoms with E-state index in [4.69, 9.17) is 0 Å². The van der Waals surface area contributed by atoms with Gasteiger partial charge >= 0.3 is 0 Å². The monoisotopic (exact) mass is 268 g/mol. The van der Waals surface area contributed by atoms with Crippen LogP contribution in [0, 0.1) is 0 Å². The quantitative estimate of drug-likeness (QED) is 0.877. The van der Waals surface area contributed by atoms with E-state index in [1.807, 2.05) is 17.9 Å². The molecule has 5 heteroatoms. The summed E-state index contributed by atoms with van der Waals surface area (Å²) in [6.45, 7) is 4.44. The van der Waals surface area contributed by atoms with E-state index in [1.165, 1.54) is 23.7 Å². The molecule has 0 aliphatic carbocycles. The molecule has 1 aromatic heterocycles. The van der Waals surface area contributed by atoms with Gasteiger partial charge in [-0.05, 0) is 26.1 Å². The molecule has 0 saturated carbocycles. The maximum atomic E-state index is 4.59. The number of aromatic nitrogens is 2. The molecule has 0 amide bonds. The molecule has 4 nitrogen and oxygen atoms in total. The second-order valence-electron chi connectivity index (χ2n) is 4.97. The van der Waals surface area contributed by atoms with Crippen LogP contribution in [0.2, 0.25) is 0 Å². The minimum Gasteiger partial charge on any atom is -0.307 e. The molecule has 18 heavy (non-hydrogen) atoms. The zero-order valence-electron chi connectivity index (χ0n) is 11.6. The van der Waals surface area contributed by atoms with Gasteiger partial charge < -0.3 is 5.32 Å². The first-order chi connectivity index (χ1) is 8.72. The van der Waals surface area contributed by atoms with Crippen LogP contribution in [0.25, 0.3) is 0 Å². The summed E-state index contributed by atoms with van der Waals surface area (Å²) in [6, 6.07) is 3.04. The lowest BCUT2D eigenvalue weighted by Gasteiger charge is -2.37. The largest absolute Gasteiger partial charge is 0.307 e. The van der Waals surface area contributed by atoms with Crippen LogP contribution in [0.1, 0.15) is 25.1 Å². The normalized spacial score (nSPS) is 23.2. The van der Waals surface area contributed by atoms with Crippen molar-refractivity contribution in [3.05, 3.63) is 18.0 Å². The Morgan fingerprint density at radius 2 is 2.39 bits per heavy atom. The first kappa shape index (κ1) is 13.9. The summed E-state index contributed by atoms with van der Waals surface area (Å²) in [5.74, 6) is 2.43. The summed E-state index contributed by atoms with van der Waals surface area (Å²) in [5.41, 5.74) is 1.17. The molecule has 0 aromatic carbocycles. The van der Waals surface area contributed by atoms with Gasteiger partial charge in [0, 0.05) is 37.3 Å². The van der Waals surface area contributed by atoms with Crippen LogP contribution in [-0.2, 0) is 7.05 Å². The molecule has 1 aliphatic rings. The second kappa shape index (κ2) is 6.59. The summed E-state index contributed by atoms with van der Waals surface area (Å²) < 4.78 is 1.89. The second-order valence-corrected chi connectivity index (χ2v) is 6.12. The number of hydrogen-bond acceptors (Lipinski definition) is 4. The van der Waals surface area contributed by atoms with Gasteiger partial charge in [0.05, 0.1) is 11.7 Å². The number of rotatable bonds is 5. The Morgan fingerprint density at radius 1 is 1.56 bits per heavy atom. The topological polar surface area (TPSA) is 33.1 Å². The minimum atomic E-state index is 0.351. The van der Waals surface area contributed by atoms with Gasteiger partial charge in [-0.2, -0.15) is 16.9 Å². The maximum Gasteiger partial charge on any atom is 0.0810 e. The van der Waals surface area contributed by atoms with Crippen LogP contribution in [0.15, 0.2) is 12.3 Å². The lowest BCUT2D eigenvalue weighted by atomic mass is 10.0. The molecule has 1 saturated heterocycles. The summed E-state index contributed by atoms with van der Waals surface area (Å²) >= 11 is 2.05. The Bertz CT molecular complexity index is 366. The SMILES string of the molecule is CCCNC(c1ccn(C)n1)C1CSCCN1C. The van der Waals surface area contributed by atoms with Crippen molar-refractivity contribution < 1.29 is 0 Å². The van der Waals surface area contributed by atoms with Crippen LogP contribution in [0.3, 0.4) is 0 Å². The molecule has 1 aliphatic heterocycles. The smallest absolute Gasteiger partial charge is 0.0810 e. The van der Waals surface area contributed by atoms with Gasteiger partial charge in [0.1, 0.15) is 0 Å². The van der Waals surface area contributed by atoms with E-state index < -0.39 is 0 Å². The van der Waals surface area contributed by atoms with Crippen molar-refractivity contribution in [1.29, 1.82) is 0 Å².